The number of hydrogen-bond donors (Lipinski definition) is 3. The van der Waals surface area contributed by atoms with Crippen molar-refractivity contribution in [3.05, 3.63) is 70.9 Å². The minimum atomic E-state index is -1.11. The highest BCUT2D eigenvalue weighted by Crippen LogP contribution is 2.20. The van der Waals surface area contributed by atoms with E-state index in [0.717, 1.165) is 34.2 Å². The van der Waals surface area contributed by atoms with Gasteiger partial charge in [0, 0.05) is 23.6 Å². The molecule has 1 heterocycles. The quantitative estimate of drug-likeness (QED) is 0.666. The molecule has 1 atom stereocenters. The van der Waals surface area contributed by atoms with Crippen molar-refractivity contribution in [1.82, 2.24) is 10.3 Å². The van der Waals surface area contributed by atoms with Crippen molar-refractivity contribution in [1.29, 1.82) is 0 Å². The molecule has 3 N–H and O–H groups in total. The zero-order chi connectivity index (χ0) is 18.0. The topological polar surface area (TPSA) is 65.1 Å². The number of aliphatic hydroxyl groups is 1. The molecule has 0 aliphatic rings. The summed E-state index contributed by atoms with van der Waals surface area (Å²) in [5, 5.41) is 13.6. The molecule has 0 bridgehead atoms. The molecule has 130 valence electrons. The Balaban J connectivity index is 1.61. The van der Waals surface area contributed by atoms with Crippen molar-refractivity contribution in [3.8, 4) is 0 Å². The number of aryl methyl sites for hydroxylation is 1. The van der Waals surface area contributed by atoms with Gasteiger partial charge in [-0.1, -0.05) is 18.2 Å². The Morgan fingerprint density at radius 3 is 2.76 bits per heavy atom. The van der Waals surface area contributed by atoms with Crippen LogP contribution in [0.3, 0.4) is 0 Å². The molecule has 0 saturated carbocycles. The smallest absolute Gasteiger partial charge is 0.224 e. The number of amides is 1. The summed E-state index contributed by atoms with van der Waals surface area (Å²) < 4.78 is 26.1. The van der Waals surface area contributed by atoms with Crippen LogP contribution in [0.5, 0.6) is 0 Å². The zero-order valence-electron chi connectivity index (χ0n) is 13.6. The van der Waals surface area contributed by atoms with Crippen LogP contribution >= 0.6 is 0 Å². The lowest BCUT2D eigenvalue weighted by atomic mass is 10.1. The Hall–Kier alpha value is -2.73. The summed E-state index contributed by atoms with van der Waals surface area (Å²) in [5.74, 6) is -2.27. The monoisotopic (exact) mass is 344 g/mol. The number of carbonyl (C=O) groups is 1. The van der Waals surface area contributed by atoms with E-state index in [0.29, 0.717) is 0 Å². The molecule has 1 aromatic heterocycles. The van der Waals surface area contributed by atoms with Crippen LogP contribution in [0, 0.1) is 18.6 Å². The first-order chi connectivity index (χ1) is 11.9. The van der Waals surface area contributed by atoms with Crippen molar-refractivity contribution in [2.75, 3.05) is 6.54 Å². The van der Waals surface area contributed by atoms with E-state index in [1.807, 2.05) is 25.1 Å². The molecule has 1 amide bonds. The van der Waals surface area contributed by atoms with E-state index in [-0.39, 0.29) is 24.4 Å². The molecule has 2 aromatic carbocycles. The summed E-state index contributed by atoms with van der Waals surface area (Å²) in [6.07, 6.45) is 0.841. The van der Waals surface area contributed by atoms with Crippen molar-refractivity contribution in [2.24, 2.45) is 0 Å². The summed E-state index contributed by atoms with van der Waals surface area (Å²) >= 11 is 0. The summed E-state index contributed by atoms with van der Waals surface area (Å²) in [6.45, 7) is 1.91. The average molecular weight is 344 g/mol. The van der Waals surface area contributed by atoms with Crippen LogP contribution in [0.4, 0.5) is 8.78 Å². The van der Waals surface area contributed by atoms with Crippen molar-refractivity contribution >= 4 is 16.8 Å². The van der Waals surface area contributed by atoms with E-state index in [1.165, 1.54) is 6.07 Å². The molecule has 1 unspecified atom stereocenters. The lowest BCUT2D eigenvalue weighted by molar-refractivity contribution is -0.120. The first-order valence-electron chi connectivity index (χ1n) is 7.90. The van der Waals surface area contributed by atoms with Crippen LogP contribution in [0.1, 0.15) is 22.8 Å². The summed E-state index contributed by atoms with van der Waals surface area (Å²) in [6, 6.07) is 9.10. The number of H-pyrrole nitrogens is 1. The Bertz CT molecular complexity index is 921. The predicted molar refractivity (Wildman–Crippen MR) is 91.1 cm³/mol. The molecule has 25 heavy (non-hydrogen) atoms. The lowest BCUT2D eigenvalue weighted by Gasteiger charge is -2.12. The first-order valence-corrected chi connectivity index (χ1v) is 7.90. The highest BCUT2D eigenvalue weighted by atomic mass is 19.2. The van der Waals surface area contributed by atoms with Crippen LogP contribution in [-0.2, 0) is 11.2 Å². The fraction of sp³-hybridized carbons (Fsp3) is 0.211. The molecule has 0 aliphatic heterocycles. The number of hydrogen-bond acceptors (Lipinski definition) is 2. The Kier molecular flexibility index (Phi) is 4.81. The number of nitrogens with one attached hydrogen (secondary N) is 2. The number of aromatic amines is 1. The molecule has 6 heteroatoms. The molecule has 4 nitrogen and oxygen atoms in total. The highest BCUT2D eigenvalue weighted by molar-refractivity contribution is 5.89. The van der Waals surface area contributed by atoms with Crippen molar-refractivity contribution in [2.45, 2.75) is 19.4 Å². The van der Waals surface area contributed by atoms with Crippen molar-refractivity contribution in [3.63, 3.8) is 0 Å². The summed E-state index contributed by atoms with van der Waals surface area (Å²) in [4.78, 5) is 15.2. The third-order valence-corrected chi connectivity index (χ3v) is 4.09. The van der Waals surface area contributed by atoms with Crippen LogP contribution in [0.2, 0.25) is 0 Å². The van der Waals surface area contributed by atoms with E-state index in [2.05, 4.69) is 10.3 Å². The molecule has 0 fully saturated rings. The maximum absolute atomic E-state index is 13.2. The first kappa shape index (κ1) is 17.1. The van der Waals surface area contributed by atoms with Gasteiger partial charge in [0.25, 0.3) is 0 Å². The van der Waals surface area contributed by atoms with Crippen molar-refractivity contribution < 1.29 is 18.7 Å². The summed E-state index contributed by atoms with van der Waals surface area (Å²) in [7, 11) is 0. The molecular formula is C19H18F2N2O2. The van der Waals surface area contributed by atoms with E-state index >= 15 is 0 Å². The van der Waals surface area contributed by atoms with Gasteiger partial charge in [-0.3, -0.25) is 4.79 Å². The summed E-state index contributed by atoms with van der Waals surface area (Å²) in [5.41, 5.74) is 3.15. The largest absolute Gasteiger partial charge is 0.387 e. The normalized spacial score (nSPS) is 12.3. The Labute approximate surface area is 143 Å². The second kappa shape index (κ2) is 7.03. The Morgan fingerprint density at radius 2 is 2.00 bits per heavy atom. The van der Waals surface area contributed by atoms with Gasteiger partial charge in [0.1, 0.15) is 0 Å². The molecule has 0 spiro atoms. The second-order valence-electron chi connectivity index (χ2n) is 6.03. The SMILES string of the molecule is Cc1ccc2c(CC(=O)NCC(O)c3ccc(F)c(F)c3)c[nH]c2c1. The minimum Gasteiger partial charge on any atom is -0.387 e. The highest BCUT2D eigenvalue weighted by Gasteiger charge is 2.14. The molecule has 3 aromatic rings. The van der Waals surface area contributed by atoms with Crippen LogP contribution < -0.4 is 5.32 Å². The van der Waals surface area contributed by atoms with Crippen LogP contribution in [0.15, 0.2) is 42.6 Å². The number of fused-ring (bicyclic) bond motifs is 1. The van der Waals surface area contributed by atoms with Gasteiger partial charge in [-0.05, 0) is 41.8 Å². The number of aliphatic hydroxyl groups excluding tert-OH is 1. The van der Waals surface area contributed by atoms with E-state index in [9.17, 15) is 18.7 Å². The average Bonchev–Trinajstić information content (AvgIpc) is 2.97. The zero-order valence-corrected chi connectivity index (χ0v) is 13.6. The number of rotatable bonds is 5. The van der Waals surface area contributed by atoms with Gasteiger partial charge in [0.05, 0.1) is 12.5 Å². The van der Waals surface area contributed by atoms with E-state index in [4.69, 9.17) is 0 Å². The number of halogens is 2. The second-order valence-corrected chi connectivity index (χ2v) is 6.03. The van der Waals surface area contributed by atoms with E-state index < -0.39 is 17.7 Å². The van der Waals surface area contributed by atoms with Gasteiger partial charge in [-0.15, -0.1) is 0 Å². The predicted octanol–water partition coefficient (Wildman–Crippen LogP) is 3.15. The number of carbonyl (C=O) groups excluding carboxylic acids is 1. The van der Waals surface area contributed by atoms with Gasteiger partial charge in [0.2, 0.25) is 5.91 Å². The third kappa shape index (κ3) is 3.85. The number of benzene rings is 2. The van der Waals surface area contributed by atoms with E-state index in [1.54, 1.807) is 6.20 Å². The van der Waals surface area contributed by atoms with Crippen LogP contribution in [-0.4, -0.2) is 22.5 Å². The third-order valence-electron chi connectivity index (χ3n) is 4.09. The van der Waals surface area contributed by atoms with Gasteiger partial charge in [-0.25, -0.2) is 8.78 Å². The van der Waals surface area contributed by atoms with Gasteiger partial charge in [-0.2, -0.15) is 0 Å². The standard InChI is InChI=1S/C19H18F2N2O2/c1-11-2-4-14-13(9-22-17(14)6-11)8-19(25)23-10-18(24)12-3-5-15(20)16(21)7-12/h2-7,9,18,22,24H,8,10H2,1H3,(H,23,25). The van der Waals surface area contributed by atoms with Gasteiger partial charge in [0.15, 0.2) is 11.6 Å². The van der Waals surface area contributed by atoms with Gasteiger partial charge >= 0.3 is 0 Å². The minimum absolute atomic E-state index is 0.0780. The maximum Gasteiger partial charge on any atom is 0.224 e. The molecule has 0 saturated heterocycles. The maximum atomic E-state index is 13.2. The Morgan fingerprint density at radius 1 is 1.20 bits per heavy atom. The molecule has 0 aliphatic carbocycles. The van der Waals surface area contributed by atoms with Crippen LogP contribution in [0.25, 0.3) is 10.9 Å². The number of aromatic nitrogens is 1. The van der Waals surface area contributed by atoms with Gasteiger partial charge < -0.3 is 15.4 Å². The fourth-order valence-electron chi connectivity index (χ4n) is 2.73. The fourth-order valence-corrected chi connectivity index (χ4v) is 2.73. The lowest BCUT2D eigenvalue weighted by Crippen LogP contribution is -2.29. The molecular weight excluding hydrogens is 326 g/mol. The molecule has 0 radical (unpaired) electrons. The molecule has 3 rings (SSSR count).